The number of hydrogen-bond donors (Lipinski definition) is 0. The molecule has 1 amide bonds. The number of carbonyl (C=O) groups excluding carboxylic acids is 1. The summed E-state index contributed by atoms with van der Waals surface area (Å²) < 4.78 is 8.43. The highest BCUT2D eigenvalue weighted by Gasteiger charge is 2.08. The van der Waals surface area contributed by atoms with Gasteiger partial charge in [-0.25, -0.2) is 0 Å². The summed E-state index contributed by atoms with van der Waals surface area (Å²) in [6, 6.07) is 16.4. The summed E-state index contributed by atoms with van der Waals surface area (Å²) in [5.41, 5.74) is 2.30. The van der Waals surface area contributed by atoms with Crippen LogP contribution < -0.4 is 4.80 Å². The molecule has 0 bridgehead atoms. The molecule has 0 saturated heterocycles. The monoisotopic (exact) mass is 386 g/mol. The van der Waals surface area contributed by atoms with Crippen LogP contribution in [-0.2, 0) is 16.1 Å². The number of carbonyl (C=O) groups is 1. The number of thioether (sulfide) groups is 1. The number of rotatable bonds is 7. The first kappa shape index (κ1) is 18.9. The molecule has 0 aliphatic heterocycles. The van der Waals surface area contributed by atoms with Gasteiger partial charge in [0.2, 0.25) is 5.91 Å². The van der Waals surface area contributed by atoms with Gasteiger partial charge in [0.1, 0.15) is 0 Å². The lowest BCUT2D eigenvalue weighted by atomic mass is 10.2. The Kier molecular flexibility index (Phi) is 6.66. The quantitative estimate of drug-likeness (QED) is 0.570. The predicted molar refractivity (Wildman–Crippen MR) is 109 cm³/mol. The maximum atomic E-state index is 12.4. The van der Waals surface area contributed by atoms with Crippen LogP contribution in [0.4, 0.5) is 0 Å². The second kappa shape index (κ2) is 9.16. The molecule has 1 heterocycles. The molecule has 6 heteroatoms. The van der Waals surface area contributed by atoms with E-state index in [-0.39, 0.29) is 5.91 Å². The zero-order chi connectivity index (χ0) is 18.4. The van der Waals surface area contributed by atoms with Gasteiger partial charge in [0.05, 0.1) is 16.8 Å². The standard InChI is InChI=1S/C20H22N2O2S2/c1-15-8-9-17-18(14-15)26-20(22(17)11-12-24-2)21-19(23)10-13-25-16-6-4-3-5-7-16/h3-9,14H,10-13H2,1-2H3. The fourth-order valence-corrected chi connectivity index (χ4v) is 4.63. The summed E-state index contributed by atoms with van der Waals surface area (Å²) in [5.74, 6) is 0.650. The first-order valence-electron chi connectivity index (χ1n) is 8.52. The normalized spacial score (nSPS) is 12.0. The fraction of sp³-hybridized carbons (Fsp3) is 0.300. The largest absolute Gasteiger partial charge is 0.383 e. The number of ether oxygens (including phenoxy) is 1. The molecule has 0 unspecified atom stereocenters. The van der Waals surface area contributed by atoms with Gasteiger partial charge < -0.3 is 9.30 Å². The Labute approximate surface area is 161 Å². The molecule has 0 N–H and O–H groups in total. The van der Waals surface area contributed by atoms with E-state index in [9.17, 15) is 4.79 Å². The maximum Gasteiger partial charge on any atom is 0.249 e. The van der Waals surface area contributed by atoms with Crippen molar-refractivity contribution >= 4 is 39.2 Å². The minimum atomic E-state index is -0.0807. The van der Waals surface area contributed by atoms with Crippen LogP contribution in [0.15, 0.2) is 58.4 Å². The first-order valence-corrected chi connectivity index (χ1v) is 10.3. The molecule has 0 radical (unpaired) electrons. The maximum absolute atomic E-state index is 12.4. The van der Waals surface area contributed by atoms with E-state index in [0.717, 1.165) is 20.8 Å². The Morgan fingerprint density at radius 3 is 2.81 bits per heavy atom. The summed E-state index contributed by atoms with van der Waals surface area (Å²) in [4.78, 5) is 18.7. The van der Waals surface area contributed by atoms with E-state index in [0.29, 0.717) is 19.6 Å². The van der Waals surface area contributed by atoms with E-state index in [1.807, 2.05) is 18.2 Å². The number of methoxy groups -OCH3 is 1. The fourth-order valence-electron chi connectivity index (χ4n) is 2.60. The molecular formula is C20H22N2O2S2. The second-order valence-electron chi connectivity index (χ2n) is 5.92. The second-order valence-corrected chi connectivity index (χ2v) is 8.09. The highest BCUT2D eigenvalue weighted by molar-refractivity contribution is 7.99. The molecule has 4 nitrogen and oxygen atoms in total. The lowest BCUT2D eigenvalue weighted by molar-refractivity contribution is -0.117. The summed E-state index contributed by atoms with van der Waals surface area (Å²) in [7, 11) is 1.68. The first-order chi connectivity index (χ1) is 12.7. The number of amides is 1. The van der Waals surface area contributed by atoms with Crippen molar-refractivity contribution in [2.24, 2.45) is 4.99 Å². The smallest absolute Gasteiger partial charge is 0.249 e. The van der Waals surface area contributed by atoms with Crippen LogP contribution in [0, 0.1) is 6.92 Å². The zero-order valence-electron chi connectivity index (χ0n) is 15.0. The minimum Gasteiger partial charge on any atom is -0.383 e. The van der Waals surface area contributed by atoms with Crippen molar-refractivity contribution in [1.82, 2.24) is 4.57 Å². The number of aryl methyl sites for hydroxylation is 1. The van der Waals surface area contributed by atoms with Gasteiger partial charge >= 0.3 is 0 Å². The molecule has 0 aliphatic rings. The highest BCUT2D eigenvalue weighted by atomic mass is 32.2. The van der Waals surface area contributed by atoms with Crippen LogP contribution in [0.5, 0.6) is 0 Å². The van der Waals surface area contributed by atoms with E-state index in [1.54, 1.807) is 30.2 Å². The molecule has 3 rings (SSSR count). The van der Waals surface area contributed by atoms with Crippen LogP contribution in [0.1, 0.15) is 12.0 Å². The Hall–Kier alpha value is -1.89. The highest BCUT2D eigenvalue weighted by Crippen LogP contribution is 2.20. The molecule has 136 valence electrons. The predicted octanol–water partition coefficient (Wildman–Crippen LogP) is 4.27. The van der Waals surface area contributed by atoms with Crippen LogP contribution in [0.2, 0.25) is 0 Å². The van der Waals surface area contributed by atoms with Crippen molar-refractivity contribution in [3.05, 3.63) is 58.9 Å². The SMILES string of the molecule is COCCn1c(=NC(=O)CCSc2ccccc2)sc2cc(C)ccc21. The van der Waals surface area contributed by atoms with Gasteiger partial charge in [0, 0.05) is 30.7 Å². The molecule has 0 fully saturated rings. The zero-order valence-corrected chi connectivity index (χ0v) is 16.6. The van der Waals surface area contributed by atoms with Crippen LogP contribution >= 0.6 is 23.1 Å². The molecule has 0 spiro atoms. The lowest BCUT2D eigenvalue weighted by Gasteiger charge is -2.04. The summed E-state index contributed by atoms with van der Waals surface area (Å²) >= 11 is 3.24. The molecule has 1 aromatic heterocycles. The van der Waals surface area contributed by atoms with Crippen molar-refractivity contribution in [2.45, 2.75) is 24.8 Å². The number of hydrogen-bond acceptors (Lipinski definition) is 4. The van der Waals surface area contributed by atoms with Crippen molar-refractivity contribution < 1.29 is 9.53 Å². The van der Waals surface area contributed by atoms with E-state index in [1.165, 1.54) is 10.5 Å². The molecule has 26 heavy (non-hydrogen) atoms. The van der Waals surface area contributed by atoms with Gasteiger partial charge in [-0.1, -0.05) is 35.6 Å². The molecule has 0 saturated carbocycles. The van der Waals surface area contributed by atoms with Gasteiger partial charge in [-0.3, -0.25) is 4.79 Å². The van der Waals surface area contributed by atoms with Crippen molar-refractivity contribution in [3.8, 4) is 0 Å². The third-order valence-electron chi connectivity index (χ3n) is 3.91. The van der Waals surface area contributed by atoms with Gasteiger partial charge in [-0.05, 0) is 36.8 Å². The Balaban J connectivity index is 1.77. The summed E-state index contributed by atoms with van der Waals surface area (Å²) in [6.07, 6.45) is 0.428. The van der Waals surface area contributed by atoms with E-state index in [4.69, 9.17) is 4.74 Å². The average molecular weight is 387 g/mol. The van der Waals surface area contributed by atoms with Crippen LogP contribution in [0.3, 0.4) is 0 Å². The average Bonchev–Trinajstić information content (AvgIpc) is 2.96. The lowest BCUT2D eigenvalue weighted by Crippen LogP contribution is -2.19. The van der Waals surface area contributed by atoms with E-state index < -0.39 is 0 Å². The van der Waals surface area contributed by atoms with Crippen molar-refractivity contribution in [2.75, 3.05) is 19.5 Å². The summed E-state index contributed by atoms with van der Waals surface area (Å²) in [5, 5.41) is 0. The number of benzene rings is 2. The van der Waals surface area contributed by atoms with E-state index >= 15 is 0 Å². The minimum absolute atomic E-state index is 0.0807. The number of aromatic nitrogens is 1. The topological polar surface area (TPSA) is 43.6 Å². The Morgan fingerprint density at radius 2 is 2.04 bits per heavy atom. The number of thiazole rings is 1. The molecule has 2 aromatic carbocycles. The van der Waals surface area contributed by atoms with E-state index in [2.05, 4.69) is 46.8 Å². The van der Waals surface area contributed by atoms with Gasteiger partial charge in [-0.2, -0.15) is 4.99 Å². The third-order valence-corrected chi connectivity index (χ3v) is 5.96. The van der Waals surface area contributed by atoms with Gasteiger partial charge in [-0.15, -0.1) is 11.8 Å². The van der Waals surface area contributed by atoms with Gasteiger partial charge in [0.25, 0.3) is 0 Å². The number of fused-ring (bicyclic) bond motifs is 1. The molecule has 0 aliphatic carbocycles. The van der Waals surface area contributed by atoms with Crippen LogP contribution in [0.25, 0.3) is 10.2 Å². The molecule has 0 atom stereocenters. The summed E-state index contributed by atoms with van der Waals surface area (Å²) in [6.45, 7) is 3.34. The van der Waals surface area contributed by atoms with Crippen molar-refractivity contribution in [1.29, 1.82) is 0 Å². The molecule has 3 aromatic rings. The van der Waals surface area contributed by atoms with Gasteiger partial charge in [0.15, 0.2) is 4.80 Å². The third kappa shape index (κ3) is 4.84. The molecular weight excluding hydrogens is 364 g/mol. The Bertz CT molecular complexity index is 945. The Morgan fingerprint density at radius 1 is 1.23 bits per heavy atom. The van der Waals surface area contributed by atoms with Crippen molar-refractivity contribution in [3.63, 3.8) is 0 Å². The number of nitrogens with zero attached hydrogens (tertiary/aromatic N) is 2. The van der Waals surface area contributed by atoms with Crippen LogP contribution in [-0.4, -0.2) is 29.9 Å².